The van der Waals surface area contributed by atoms with Crippen LogP contribution in [0.4, 0.5) is 10.7 Å². The summed E-state index contributed by atoms with van der Waals surface area (Å²) < 4.78 is 0. The number of nitrogens with zero attached hydrogens (tertiary/aromatic N) is 2. The van der Waals surface area contributed by atoms with E-state index in [1.165, 1.54) is 19.9 Å². The molecule has 114 valence electrons. The fourth-order valence-corrected chi connectivity index (χ4v) is 3.49. The van der Waals surface area contributed by atoms with Gasteiger partial charge in [0.25, 0.3) is 0 Å². The number of anilines is 1. The van der Waals surface area contributed by atoms with Crippen molar-refractivity contribution in [2.45, 2.75) is 32.7 Å². The Bertz CT molecular complexity index is 576. The van der Waals surface area contributed by atoms with Gasteiger partial charge < -0.3 is 10.2 Å². The minimum Gasteiger partial charge on any atom is -0.358 e. The normalized spacial score (nSPS) is 15.8. The zero-order chi connectivity index (χ0) is 15.6. The molecule has 21 heavy (non-hydrogen) atoms. The minimum absolute atomic E-state index is 0.0109. The Kier molecular flexibility index (Phi) is 4.56. The average molecular weight is 311 g/mol. The van der Waals surface area contributed by atoms with Gasteiger partial charge in [-0.05, 0) is 19.8 Å². The summed E-state index contributed by atoms with van der Waals surface area (Å²) in [6.07, 6.45) is 1.48. The molecule has 0 bridgehead atoms. The van der Waals surface area contributed by atoms with Crippen molar-refractivity contribution in [1.29, 1.82) is 0 Å². The second-order valence-electron chi connectivity index (χ2n) is 5.08. The van der Waals surface area contributed by atoms with Crippen molar-refractivity contribution >= 4 is 33.7 Å². The lowest BCUT2D eigenvalue weighted by molar-refractivity contribution is -0.383. The second kappa shape index (κ2) is 6.21. The number of Topliss-reactive ketones (excluding diaryl/α,β-unsaturated/α-hetero) is 1. The number of piperidine rings is 1. The molecule has 7 nitrogen and oxygen atoms in total. The van der Waals surface area contributed by atoms with Gasteiger partial charge in [0.05, 0.1) is 9.80 Å². The third-order valence-corrected chi connectivity index (χ3v) is 4.71. The molecule has 1 aliphatic rings. The van der Waals surface area contributed by atoms with Crippen LogP contribution in [-0.4, -0.2) is 35.7 Å². The summed E-state index contributed by atoms with van der Waals surface area (Å²) >= 11 is 1.16. The Morgan fingerprint density at radius 3 is 2.48 bits per heavy atom. The molecule has 0 aromatic carbocycles. The van der Waals surface area contributed by atoms with Crippen LogP contribution in [0, 0.1) is 10.1 Å². The van der Waals surface area contributed by atoms with Gasteiger partial charge in [-0.25, -0.2) is 0 Å². The Balaban J connectivity index is 2.14. The summed E-state index contributed by atoms with van der Waals surface area (Å²) in [6.45, 7) is 4.14. The summed E-state index contributed by atoms with van der Waals surface area (Å²) in [5.41, 5.74) is -0.0109. The molecule has 1 aromatic rings. The number of amides is 1. The lowest BCUT2D eigenvalue weighted by Gasteiger charge is -2.32. The van der Waals surface area contributed by atoms with Crippen LogP contribution in [0.1, 0.15) is 36.4 Å². The van der Waals surface area contributed by atoms with E-state index in [1.54, 1.807) is 0 Å². The van der Waals surface area contributed by atoms with Crippen LogP contribution in [0.2, 0.25) is 0 Å². The van der Waals surface area contributed by atoms with Crippen molar-refractivity contribution in [1.82, 2.24) is 5.32 Å². The molecular weight excluding hydrogens is 294 g/mol. The van der Waals surface area contributed by atoms with E-state index in [9.17, 15) is 19.7 Å². The van der Waals surface area contributed by atoms with Gasteiger partial charge in [0, 0.05) is 32.1 Å². The Morgan fingerprint density at radius 1 is 1.38 bits per heavy atom. The number of thiophene rings is 1. The zero-order valence-corrected chi connectivity index (χ0v) is 12.7. The van der Waals surface area contributed by atoms with Gasteiger partial charge in [-0.2, -0.15) is 0 Å². The number of ketones is 1. The molecule has 8 heteroatoms. The van der Waals surface area contributed by atoms with Crippen LogP contribution in [0.5, 0.6) is 0 Å². The van der Waals surface area contributed by atoms with Crippen LogP contribution in [0.25, 0.3) is 0 Å². The zero-order valence-electron chi connectivity index (χ0n) is 11.9. The molecule has 0 spiro atoms. The first-order chi connectivity index (χ1) is 9.88. The molecule has 2 rings (SSSR count). The van der Waals surface area contributed by atoms with E-state index in [-0.39, 0.29) is 23.4 Å². The molecule has 0 unspecified atom stereocenters. The van der Waals surface area contributed by atoms with E-state index >= 15 is 0 Å². The highest BCUT2D eigenvalue weighted by molar-refractivity contribution is 7.18. The predicted octanol–water partition coefficient (Wildman–Crippen LogP) is 1.96. The van der Waals surface area contributed by atoms with Crippen LogP contribution in [0.15, 0.2) is 6.07 Å². The fourth-order valence-electron chi connectivity index (χ4n) is 2.42. The van der Waals surface area contributed by atoms with E-state index in [0.717, 1.165) is 24.2 Å². The van der Waals surface area contributed by atoms with Gasteiger partial charge in [-0.1, -0.05) is 0 Å². The molecule has 2 heterocycles. The lowest BCUT2D eigenvalue weighted by atomic mass is 10.1. The lowest BCUT2D eigenvalue weighted by Crippen LogP contribution is -2.44. The number of nitrogens with one attached hydrogen (secondary N) is 1. The first-order valence-electron chi connectivity index (χ1n) is 6.69. The van der Waals surface area contributed by atoms with Gasteiger partial charge in [0.15, 0.2) is 10.8 Å². The highest BCUT2D eigenvalue weighted by Gasteiger charge is 2.28. The smallest absolute Gasteiger partial charge is 0.304 e. The summed E-state index contributed by atoms with van der Waals surface area (Å²) in [6, 6.07) is 1.47. The fraction of sp³-hybridized carbons (Fsp3) is 0.538. The van der Waals surface area contributed by atoms with Crippen molar-refractivity contribution < 1.29 is 14.5 Å². The van der Waals surface area contributed by atoms with Crippen LogP contribution >= 0.6 is 11.3 Å². The largest absolute Gasteiger partial charge is 0.358 e. The van der Waals surface area contributed by atoms with Gasteiger partial charge in [-0.15, -0.1) is 11.3 Å². The number of carbonyl (C=O) groups excluding carboxylic acids is 2. The van der Waals surface area contributed by atoms with Crippen molar-refractivity contribution in [3.8, 4) is 0 Å². The molecule has 0 saturated carbocycles. The van der Waals surface area contributed by atoms with E-state index in [0.29, 0.717) is 23.0 Å². The maximum atomic E-state index is 11.4. The average Bonchev–Trinajstić information content (AvgIpc) is 2.84. The van der Waals surface area contributed by atoms with E-state index in [2.05, 4.69) is 5.32 Å². The maximum Gasteiger partial charge on any atom is 0.304 e. The topological polar surface area (TPSA) is 92.6 Å². The number of hydrogen-bond donors (Lipinski definition) is 1. The Hall–Kier alpha value is -1.96. The summed E-state index contributed by atoms with van der Waals surface area (Å²) in [7, 11) is 0. The van der Waals surface area contributed by atoms with Gasteiger partial charge in [-0.3, -0.25) is 19.7 Å². The molecule has 1 aliphatic heterocycles. The molecule has 0 radical (unpaired) electrons. The number of nitro groups is 1. The quantitative estimate of drug-likeness (QED) is 0.521. The standard InChI is InChI=1S/C13H17N3O4S/c1-8(17)12-7-11(16(19)20)13(21-12)15-5-3-10(4-6-15)14-9(2)18/h7,10H,3-6H2,1-2H3,(H,14,18). The van der Waals surface area contributed by atoms with Gasteiger partial charge >= 0.3 is 5.69 Å². The monoisotopic (exact) mass is 311 g/mol. The van der Waals surface area contributed by atoms with Crippen LogP contribution in [0.3, 0.4) is 0 Å². The van der Waals surface area contributed by atoms with Gasteiger partial charge in [0.1, 0.15) is 0 Å². The predicted molar refractivity (Wildman–Crippen MR) is 80.0 cm³/mol. The van der Waals surface area contributed by atoms with Crippen molar-refractivity contribution in [3.05, 3.63) is 21.1 Å². The Morgan fingerprint density at radius 2 is 2.00 bits per heavy atom. The third-order valence-electron chi connectivity index (χ3n) is 3.43. The molecule has 0 aliphatic carbocycles. The van der Waals surface area contributed by atoms with E-state index < -0.39 is 4.92 Å². The van der Waals surface area contributed by atoms with Crippen molar-refractivity contribution in [2.24, 2.45) is 0 Å². The summed E-state index contributed by atoms with van der Waals surface area (Å²) in [4.78, 5) is 35.5. The minimum atomic E-state index is -0.446. The molecule has 1 N–H and O–H groups in total. The molecule has 1 saturated heterocycles. The third kappa shape index (κ3) is 3.57. The maximum absolute atomic E-state index is 11.4. The number of rotatable bonds is 4. The van der Waals surface area contributed by atoms with Crippen molar-refractivity contribution in [3.63, 3.8) is 0 Å². The van der Waals surface area contributed by atoms with E-state index in [1.807, 2.05) is 4.90 Å². The number of carbonyl (C=O) groups is 2. The summed E-state index contributed by atoms with van der Waals surface area (Å²) in [5, 5.41) is 14.5. The van der Waals surface area contributed by atoms with Crippen molar-refractivity contribution in [2.75, 3.05) is 18.0 Å². The molecule has 1 fully saturated rings. The van der Waals surface area contributed by atoms with Gasteiger partial charge in [0.2, 0.25) is 5.91 Å². The molecular formula is C13H17N3O4S. The molecule has 1 aromatic heterocycles. The number of hydrogen-bond acceptors (Lipinski definition) is 6. The molecule has 1 amide bonds. The molecule has 0 atom stereocenters. The second-order valence-corrected chi connectivity index (χ2v) is 6.11. The SMILES string of the molecule is CC(=O)NC1CCN(c2sc(C(C)=O)cc2[N+](=O)[O-])CC1. The highest BCUT2D eigenvalue weighted by atomic mass is 32.1. The van der Waals surface area contributed by atoms with Crippen LogP contribution in [-0.2, 0) is 4.79 Å². The Labute approximate surface area is 126 Å². The summed E-state index contributed by atoms with van der Waals surface area (Å²) in [5.74, 6) is -0.225. The highest BCUT2D eigenvalue weighted by Crippen LogP contribution is 2.39. The first kappa shape index (κ1) is 15.4. The first-order valence-corrected chi connectivity index (χ1v) is 7.51. The van der Waals surface area contributed by atoms with Crippen LogP contribution < -0.4 is 10.2 Å². The van der Waals surface area contributed by atoms with E-state index in [4.69, 9.17) is 0 Å².